The van der Waals surface area contributed by atoms with Gasteiger partial charge in [0.05, 0.1) is 5.52 Å². The number of nitrogens with one attached hydrogen (secondary N) is 1. The summed E-state index contributed by atoms with van der Waals surface area (Å²) in [6, 6.07) is 5.30. The molecule has 1 N–H and O–H groups in total. The van der Waals surface area contributed by atoms with Gasteiger partial charge in [-0.1, -0.05) is 6.07 Å². The van der Waals surface area contributed by atoms with Gasteiger partial charge in [-0.15, -0.1) is 0 Å². The van der Waals surface area contributed by atoms with Crippen molar-refractivity contribution >= 4 is 10.9 Å². The number of hydrogen-bond donors (Lipinski definition) is 1. The minimum absolute atomic E-state index is 0.0914. The van der Waals surface area contributed by atoms with E-state index in [1.807, 2.05) is 13.1 Å². The molecule has 0 amide bonds. The lowest BCUT2D eigenvalue weighted by Gasteiger charge is -2.14. The smallest absolute Gasteiger partial charge is 0.132 e. The largest absolute Gasteiger partial charge is 0.346 e. The van der Waals surface area contributed by atoms with Crippen molar-refractivity contribution < 1.29 is 4.39 Å². The van der Waals surface area contributed by atoms with Gasteiger partial charge in [0.15, 0.2) is 0 Å². The zero-order valence-corrected chi connectivity index (χ0v) is 8.68. The summed E-state index contributed by atoms with van der Waals surface area (Å²) in [7, 11) is 2.01. The third-order valence-electron chi connectivity index (χ3n) is 3.25. The minimum atomic E-state index is -0.0914. The van der Waals surface area contributed by atoms with Gasteiger partial charge in [0.2, 0.25) is 0 Å². The lowest BCUT2D eigenvalue weighted by atomic mass is 10.0. The maximum atomic E-state index is 13.8. The van der Waals surface area contributed by atoms with Crippen LogP contribution in [0.3, 0.4) is 0 Å². The molecule has 0 fully saturated rings. The summed E-state index contributed by atoms with van der Waals surface area (Å²) in [6.45, 7) is 1.79. The van der Waals surface area contributed by atoms with Crippen LogP contribution in [0.2, 0.25) is 0 Å². The number of aromatic nitrogens is 1. The van der Waals surface area contributed by atoms with Gasteiger partial charge in [-0.2, -0.15) is 0 Å². The maximum Gasteiger partial charge on any atom is 0.132 e. The van der Waals surface area contributed by atoms with Gasteiger partial charge in [-0.25, -0.2) is 4.39 Å². The van der Waals surface area contributed by atoms with Gasteiger partial charge < -0.3 is 9.88 Å². The first-order valence-electron chi connectivity index (χ1n) is 5.24. The molecule has 0 aliphatic carbocycles. The number of aryl methyl sites for hydroxylation is 1. The van der Waals surface area contributed by atoms with Crippen LogP contribution in [0, 0.1) is 5.82 Å². The summed E-state index contributed by atoms with van der Waals surface area (Å²) >= 11 is 0. The number of nitrogens with zero attached hydrogens (tertiary/aromatic N) is 1. The van der Waals surface area contributed by atoms with Crippen molar-refractivity contribution in [3.8, 4) is 0 Å². The topological polar surface area (TPSA) is 17.0 Å². The van der Waals surface area contributed by atoms with Crippen LogP contribution in [0.4, 0.5) is 4.39 Å². The van der Waals surface area contributed by atoms with E-state index in [0.29, 0.717) is 0 Å². The summed E-state index contributed by atoms with van der Waals surface area (Å²) < 4.78 is 15.9. The molecule has 3 heteroatoms. The van der Waals surface area contributed by atoms with Gasteiger partial charge in [0, 0.05) is 24.7 Å². The van der Waals surface area contributed by atoms with E-state index in [1.54, 1.807) is 12.1 Å². The molecule has 0 radical (unpaired) electrons. The predicted molar refractivity (Wildman–Crippen MR) is 58.3 cm³/mol. The van der Waals surface area contributed by atoms with Crippen molar-refractivity contribution in [2.45, 2.75) is 13.0 Å². The molecule has 0 atom stereocenters. The van der Waals surface area contributed by atoms with Crippen LogP contribution in [-0.2, 0) is 20.0 Å². The highest BCUT2D eigenvalue weighted by atomic mass is 19.1. The standard InChI is InChI=1S/C12H13FN2/c1-15-10-4-2-3-9(13)12(10)8-5-6-14-7-11(8)15/h2-4,14H,5-7H2,1H3. The number of rotatable bonds is 0. The van der Waals surface area contributed by atoms with E-state index in [4.69, 9.17) is 0 Å². The Morgan fingerprint density at radius 1 is 1.40 bits per heavy atom. The molecule has 2 aromatic rings. The molecule has 1 aliphatic rings. The predicted octanol–water partition coefficient (Wildman–Crippen LogP) is 1.96. The lowest BCUT2D eigenvalue weighted by Crippen LogP contribution is -2.24. The second kappa shape index (κ2) is 3.07. The van der Waals surface area contributed by atoms with Crippen LogP contribution in [0.25, 0.3) is 10.9 Å². The highest BCUT2D eigenvalue weighted by Gasteiger charge is 2.19. The molecule has 0 saturated carbocycles. The second-order valence-corrected chi connectivity index (χ2v) is 4.05. The molecule has 0 bridgehead atoms. The quantitative estimate of drug-likeness (QED) is 0.694. The summed E-state index contributed by atoms with van der Waals surface area (Å²) in [5, 5.41) is 4.14. The average molecular weight is 204 g/mol. The first-order chi connectivity index (χ1) is 7.29. The van der Waals surface area contributed by atoms with Crippen LogP contribution in [0.5, 0.6) is 0 Å². The SMILES string of the molecule is Cn1c2c(c3c(F)cccc31)CCNC2. The van der Waals surface area contributed by atoms with Crippen molar-refractivity contribution in [2.75, 3.05) is 6.54 Å². The molecule has 1 aromatic heterocycles. The van der Waals surface area contributed by atoms with Crippen LogP contribution in [0.1, 0.15) is 11.3 Å². The van der Waals surface area contributed by atoms with E-state index < -0.39 is 0 Å². The van der Waals surface area contributed by atoms with E-state index in [2.05, 4.69) is 9.88 Å². The Labute approximate surface area is 87.7 Å². The highest BCUT2D eigenvalue weighted by Crippen LogP contribution is 2.29. The van der Waals surface area contributed by atoms with Crippen molar-refractivity contribution in [2.24, 2.45) is 7.05 Å². The maximum absolute atomic E-state index is 13.8. The van der Waals surface area contributed by atoms with E-state index in [9.17, 15) is 4.39 Å². The zero-order chi connectivity index (χ0) is 10.4. The van der Waals surface area contributed by atoms with Gasteiger partial charge >= 0.3 is 0 Å². The Morgan fingerprint density at radius 3 is 3.13 bits per heavy atom. The fourth-order valence-electron chi connectivity index (χ4n) is 2.50. The second-order valence-electron chi connectivity index (χ2n) is 4.05. The lowest BCUT2D eigenvalue weighted by molar-refractivity contribution is 0.611. The van der Waals surface area contributed by atoms with E-state index >= 15 is 0 Å². The van der Waals surface area contributed by atoms with Crippen LogP contribution in [0.15, 0.2) is 18.2 Å². The van der Waals surface area contributed by atoms with Gasteiger partial charge in [-0.05, 0) is 30.7 Å². The number of hydrogen-bond acceptors (Lipinski definition) is 1. The fraction of sp³-hybridized carbons (Fsp3) is 0.333. The number of halogens is 1. The van der Waals surface area contributed by atoms with E-state index in [-0.39, 0.29) is 5.82 Å². The van der Waals surface area contributed by atoms with Crippen molar-refractivity contribution in [3.63, 3.8) is 0 Å². The van der Waals surface area contributed by atoms with E-state index in [1.165, 1.54) is 11.3 Å². The van der Waals surface area contributed by atoms with Crippen molar-refractivity contribution in [1.82, 2.24) is 9.88 Å². The molecule has 0 saturated heterocycles. The Kier molecular flexibility index (Phi) is 1.83. The molecule has 2 heterocycles. The number of benzene rings is 1. The Morgan fingerprint density at radius 2 is 2.27 bits per heavy atom. The molecule has 1 aromatic carbocycles. The average Bonchev–Trinajstić information content (AvgIpc) is 2.55. The van der Waals surface area contributed by atoms with Crippen LogP contribution >= 0.6 is 0 Å². The highest BCUT2D eigenvalue weighted by molar-refractivity contribution is 5.86. The molecule has 2 nitrogen and oxygen atoms in total. The molecule has 78 valence electrons. The molecule has 15 heavy (non-hydrogen) atoms. The van der Waals surface area contributed by atoms with Crippen LogP contribution in [-0.4, -0.2) is 11.1 Å². The fourth-order valence-corrected chi connectivity index (χ4v) is 2.50. The van der Waals surface area contributed by atoms with Crippen LogP contribution < -0.4 is 5.32 Å². The minimum Gasteiger partial charge on any atom is -0.346 e. The Balaban J connectivity index is 2.44. The Hall–Kier alpha value is -1.35. The molecule has 0 spiro atoms. The van der Waals surface area contributed by atoms with Gasteiger partial charge in [0.25, 0.3) is 0 Å². The van der Waals surface area contributed by atoms with Gasteiger partial charge in [0.1, 0.15) is 5.82 Å². The molecular weight excluding hydrogens is 191 g/mol. The molecule has 1 aliphatic heterocycles. The van der Waals surface area contributed by atoms with Gasteiger partial charge in [-0.3, -0.25) is 0 Å². The van der Waals surface area contributed by atoms with E-state index in [0.717, 1.165) is 30.4 Å². The third kappa shape index (κ3) is 1.13. The number of fused-ring (bicyclic) bond motifs is 3. The van der Waals surface area contributed by atoms with Crippen molar-refractivity contribution in [1.29, 1.82) is 0 Å². The molecule has 0 unspecified atom stereocenters. The summed E-state index contributed by atoms with van der Waals surface area (Å²) in [5.41, 5.74) is 3.41. The summed E-state index contributed by atoms with van der Waals surface area (Å²) in [6.07, 6.45) is 0.924. The Bertz CT molecular complexity index is 528. The third-order valence-corrected chi connectivity index (χ3v) is 3.25. The first-order valence-corrected chi connectivity index (χ1v) is 5.24. The summed E-state index contributed by atoms with van der Waals surface area (Å²) in [4.78, 5) is 0. The summed E-state index contributed by atoms with van der Waals surface area (Å²) in [5.74, 6) is -0.0914. The monoisotopic (exact) mass is 204 g/mol. The molecule has 3 rings (SSSR count). The normalized spacial score (nSPS) is 15.6. The zero-order valence-electron chi connectivity index (χ0n) is 8.68. The van der Waals surface area contributed by atoms with Crippen molar-refractivity contribution in [3.05, 3.63) is 35.3 Å². The first kappa shape index (κ1) is 8.92. The molecular formula is C12H13FN2.